The standard InChI is InChI=1S/C36H37FN4O5/c1-39(2)14-16-46-36(44)34-32(27-10-6-8-12-31(27)43)33-30(19-28(37)26-13-15-45-35(26)33)41(34)20-22-17-23(18-24(42)21-40(3)4)38-29-11-7-5-9-25(22)29/h5-11,17,19H,12-16,18,20-21H2,1-4H3. The minimum Gasteiger partial charge on any atom is -0.492 e. The van der Waals surface area contributed by atoms with E-state index in [0.29, 0.717) is 64.1 Å². The third-order valence-electron chi connectivity index (χ3n) is 8.25. The largest absolute Gasteiger partial charge is 0.492 e. The fourth-order valence-corrected chi connectivity index (χ4v) is 6.23. The summed E-state index contributed by atoms with van der Waals surface area (Å²) in [6.45, 7) is 1.32. The van der Waals surface area contributed by atoms with Crippen molar-refractivity contribution in [2.24, 2.45) is 0 Å². The van der Waals surface area contributed by atoms with Gasteiger partial charge in [-0.25, -0.2) is 9.18 Å². The molecular formula is C36H37FN4O5. The van der Waals surface area contributed by atoms with E-state index in [1.165, 1.54) is 6.07 Å². The second kappa shape index (κ2) is 13.0. The van der Waals surface area contributed by atoms with Crippen LogP contribution in [0.25, 0.3) is 27.4 Å². The summed E-state index contributed by atoms with van der Waals surface area (Å²) in [6, 6.07) is 10.9. The van der Waals surface area contributed by atoms with Gasteiger partial charge in [-0.05, 0) is 52.0 Å². The van der Waals surface area contributed by atoms with Gasteiger partial charge in [0.1, 0.15) is 23.9 Å². The van der Waals surface area contributed by atoms with Gasteiger partial charge in [0.25, 0.3) is 0 Å². The van der Waals surface area contributed by atoms with Gasteiger partial charge in [-0.1, -0.05) is 36.4 Å². The van der Waals surface area contributed by atoms with Crippen LogP contribution in [0.1, 0.15) is 39.3 Å². The maximum Gasteiger partial charge on any atom is 0.355 e. The van der Waals surface area contributed by atoms with Crippen molar-refractivity contribution in [2.75, 3.05) is 54.5 Å². The van der Waals surface area contributed by atoms with Crippen LogP contribution >= 0.6 is 0 Å². The number of allylic oxidation sites excluding steroid dienone is 4. The van der Waals surface area contributed by atoms with Crippen LogP contribution in [0.15, 0.2) is 54.6 Å². The third-order valence-corrected chi connectivity index (χ3v) is 8.25. The van der Waals surface area contributed by atoms with E-state index in [2.05, 4.69) is 0 Å². The Balaban J connectivity index is 1.60. The van der Waals surface area contributed by atoms with E-state index < -0.39 is 11.8 Å². The molecule has 6 rings (SSSR count). The van der Waals surface area contributed by atoms with Crippen molar-refractivity contribution in [3.63, 3.8) is 0 Å². The Morgan fingerprint density at radius 2 is 1.91 bits per heavy atom. The van der Waals surface area contributed by atoms with E-state index in [1.54, 1.807) is 22.8 Å². The van der Waals surface area contributed by atoms with Gasteiger partial charge in [-0.15, -0.1) is 0 Å². The van der Waals surface area contributed by atoms with Crippen LogP contribution in [-0.4, -0.2) is 91.4 Å². The van der Waals surface area contributed by atoms with Crippen molar-refractivity contribution in [3.05, 3.63) is 88.5 Å². The molecule has 0 fully saturated rings. The molecule has 46 heavy (non-hydrogen) atoms. The lowest BCUT2D eigenvalue weighted by Gasteiger charge is -2.16. The predicted octanol–water partition coefficient (Wildman–Crippen LogP) is 4.62. The molecule has 0 spiro atoms. The molecule has 0 bridgehead atoms. The Labute approximate surface area is 266 Å². The van der Waals surface area contributed by atoms with E-state index in [1.807, 2.05) is 68.3 Å². The van der Waals surface area contributed by atoms with Gasteiger partial charge in [-0.2, -0.15) is 0 Å². The minimum atomic E-state index is -0.622. The number of carbonyl (C=O) groups excluding carboxylic acids is 3. The summed E-state index contributed by atoms with van der Waals surface area (Å²) in [5.74, 6) is -0.845. The molecule has 2 aromatic carbocycles. The zero-order valence-corrected chi connectivity index (χ0v) is 26.6. The van der Waals surface area contributed by atoms with Crippen molar-refractivity contribution in [2.45, 2.75) is 25.8 Å². The molecule has 238 valence electrons. The SMILES string of the molecule is CN(C)CCOC(=O)c1c(C2=CC=CCC2=O)c2c3c(c(F)cc2n1Cc1cc(CC(=O)CN(C)C)nc2ccccc12)CCO3. The van der Waals surface area contributed by atoms with Crippen molar-refractivity contribution in [1.29, 1.82) is 0 Å². The molecule has 0 amide bonds. The van der Waals surface area contributed by atoms with Gasteiger partial charge in [0.15, 0.2) is 11.6 Å². The number of likely N-dealkylation sites (N-methyl/N-ethyl adjacent to an activating group) is 2. The predicted molar refractivity (Wildman–Crippen MR) is 175 cm³/mol. The van der Waals surface area contributed by atoms with Crippen LogP contribution in [-0.2, 0) is 33.7 Å². The average Bonchev–Trinajstić information content (AvgIpc) is 3.61. The number of fused-ring (bicyclic) bond motifs is 4. The fourth-order valence-electron chi connectivity index (χ4n) is 6.23. The molecule has 0 radical (unpaired) electrons. The molecule has 0 unspecified atom stereocenters. The van der Waals surface area contributed by atoms with E-state index in [9.17, 15) is 14.4 Å². The Hall–Kier alpha value is -4.67. The highest BCUT2D eigenvalue weighted by Gasteiger charge is 2.34. The number of Topliss-reactive ketones (excluding diaryl/α,β-unsaturated/α-hetero) is 2. The van der Waals surface area contributed by atoms with Crippen LogP contribution in [0.3, 0.4) is 0 Å². The molecule has 0 saturated heterocycles. The minimum absolute atomic E-state index is 0.0168. The second-order valence-corrected chi connectivity index (χ2v) is 12.3. The number of ketones is 2. The lowest BCUT2D eigenvalue weighted by Crippen LogP contribution is -2.23. The molecule has 1 aliphatic heterocycles. The van der Waals surface area contributed by atoms with Crippen LogP contribution in [0.4, 0.5) is 4.39 Å². The lowest BCUT2D eigenvalue weighted by atomic mass is 9.92. The van der Waals surface area contributed by atoms with Gasteiger partial charge in [0.05, 0.1) is 36.0 Å². The number of halogens is 1. The molecule has 10 heteroatoms. The first-order valence-corrected chi connectivity index (χ1v) is 15.4. The number of benzene rings is 2. The number of carbonyl (C=O) groups is 3. The molecule has 0 N–H and O–H groups in total. The highest BCUT2D eigenvalue weighted by molar-refractivity contribution is 6.28. The highest BCUT2D eigenvalue weighted by Crippen LogP contribution is 2.45. The molecule has 1 aliphatic carbocycles. The molecule has 9 nitrogen and oxygen atoms in total. The Bertz CT molecular complexity index is 1940. The number of rotatable bonds is 11. The number of hydrogen-bond acceptors (Lipinski definition) is 8. The molecule has 4 aromatic rings. The summed E-state index contributed by atoms with van der Waals surface area (Å²) < 4.78 is 29.3. The zero-order chi connectivity index (χ0) is 32.5. The number of ether oxygens (including phenoxy) is 2. The Kier molecular flexibility index (Phi) is 8.84. The molecular weight excluding hydrogens is 587 g/mol. The normalized spacial score (nSPS) is 14.3. The Morgan fingerprint density at radius 1 is 1.11 bits per heavy atom. The summed E-state index contributed by atoms with van der Waals surface area (Å²) in [5, 5.41) is 1.35. The maximum atomic E-state index is 15.7. The van der Waals surface area contributed by atoms with Crippen molar-refractivity contribution >= 4 is 44.9 Å². The zero-order valence-electron chi connectivity index (χ0n) is 26.6. The molecule has 0 atom stereocenters. The van der Waals surface area contributed by atoms with Crippen LogP contribution in [0.5, 0.6) is 5.75 Å². The number of nitrogens with zero attached hydrogens (tertiary/aromatic N) is 4. The van der Waals surface area contributed by atoms with E-state index in [0.717, 1.165) is 10.9 Å². The Morgan fingerprint density at radius 3 is 2.67 bits per heavy atom. The highest BCUT2D eigenvalue weighted by atomic mass is 19.1. The van der Waals surface area contributed by atoms with E-state index in [4.69, 9.17) is 14.5 Å². The summed E-state index contributed by atoms with van der Waals surface area (Å²) in [6.07, 6.45) is 5.95. The summed E-state index contributed by atoms with van der Waals surface area (Å²) >= 11 is 0. The van der Waals surface area contributed by atoms with Crippen LogP contribution in [0.2, 0.25) is 0 Å². The van der Waals surface area contributed by atoms with Crippen LogP contribution < -0.4 is 4.74 Å². The molecule has 2 aliphatic rings. The van der Waals surface area contributed by atoms with Crippen LogP contribution in [0, 0.1) is 5.82 Å². The van der Waals surface area contributed by atoms with Crippen molar-refractivity contribution in [3.8, 4) is 5.75 Å². The number of esters is 1. The van der Waals surface area contributed by atoms with E-state index in [-0.39, 0.29) is 49.8 Å². The first kappa shape index (κ1) is 31.3. The second-order valence-electron chi connectivity index (χ2n) is 12.3. The maximum absolute atomic E-state index is 15.7. The molecule has 0 saturated carbocycles. The quantitative estimate of drug-likeness (QED) is 0.223. The number of para-hydroxylation sites is 1. The first-order chi connectivity index (χ1) is 22.1. The first-order valence-electron chi connectivity index (χ1n) is 15.4. The number of hydrogen-bond donors (Lipinski definition) is 0. The lowest BCUT2D eigenvalue weighted by molar-refractivity contribution is -0.119. The fraction of sp³-hybridized carbons (Fsp3) is 0.333. The van der Waals surface area contributed by atoms with Gasteiger partial charge in [0.2, 0.25) is 0 Å². The van der Waals surface area contributed by atoms with Gasteiger partial charge >= 0.3 is 5.97 Å². The summed E-state index contributed by atoms with van der Waals surface area (Å²) in [4.78, 5) is 48.8. The summed E-state index contributed by atoms with van der Waals surface area (Å²) in [5.41, 5.74) is 3.81. The number of aromatic nitrogens is 2. The number of pyridine rings is 1. The average molecular weight is 625 g/mol. The van der Waals surface area contributed by atoms with E-state index >= 15 is 4.39 Å². The van der Waals surface area contributed by atoms with Crippen molar-refractivity contribution in [1.82, 2.24) is 19.4 Å². The van der Waals surface area contributed by atoms with Gasteiger partial charge in [0, 0.05) is 53.7 Å². The van der Waals surface area contributed by atoms with Crippen molar-refractivity contribution < 1.29 is 28.2 Å². The smallest absolute Gasteiger partial charge is 0.355 e. The van der Waals surface area contributed by atoms with Gasteiger partial charge < -0.3 is 23.8 Å². The monoisotopic (exact) mass is 624 g/mol. The third kappa shape index (κ3) is 6.10. The topological polar surface area (TPSA) is 94.0 Å². The summed E-state index contributed by atoms with van der Waals surface area (Å²) in [7, 11) is 7.44. The molecule has 2 aromatic heterocycles. The molecule has 3 heterocycles. The van der Waals surface area contributed by atoms with Gasteiger partial charge in [-0.3, -0.25) is 14.6 Å².